The molecule has 0 radical (unpaired) electrons. The van der Waals surface area contributed by atoms with E-state index in [-0.39, 0.29) is 5.91 Å². The van der Waals surface area contributed by atoms with Gasteiger partial charge in [0.1, 0.15) is 5.82 Å². The van der Waals surface area contributed by atoms with Crippen LogP contribution in [0.5, 0.6) is 0 Å². The van der Waals surface area contributed by atoms with Crippen LogP contribution in [-0.4, -0.2) is 15.9 Å². The van der Waals surface area contributed by atoms with Crippen LogP contribution >= 0.6 is 0 Å². The van der Waals surface area contributed by atoms with Crippen LogP contribution in [0.2, 0.25) is 0 Å². The molecular weight excluding hydrogens is 220 g/mol. The summed E-state index contributed by atoms with van der Waals surface area (Å²) in [6.07, 6.45) is 1.34. The van der Waals surface area contributed by atoms with Gasteiger partial charge in [0.15, 0.2) is 0 Å². The summed E-state index contributed by atoms with van der Waals surface area (Å²) in [4.78, 5) is 28.4. The first kappa shape index (κ1) is 10.9. The quantitative estimate of drug-likeness (QED) is 0.671. The highest BCUT2D eigenvalue weighted by atomic mass is 16.2. The minimum atomic E-state index is -0.482. The number of anilines is 1. The minimum Gasteiger partial charge on any atom is -0.291 e. The fourth-order valence-corrected chi connectivity index (χ4v) is 1.23. The Balaban J connectivity index is 2.00. The predicted octanol–water partition coefficient (Wildman–Crippen LogP) is 0.527. The van der Waals surface area contributed by atoms with E-state index in [4.69, 9.17) is 0 Å². The topological polar surface area (TPSA) is 86.9 Å². The number of hydrazine groups is 1. The van der Waals surface area contributed by atoms with Crippen molar-refractivity contribution in [2.75, 3.05) is 5.43 Å². The molecule has 86 valence electrons. The summed E-state index contributed by atoms with van der Waals surface area (Å²) >= 11 is 0. The smallest absolute Gasteiger partial charge is 0.291 e. The molecule has 6 nitrogen and oxygen atoms in total. The summed E-state index contributed by atoms with van der Waals surface area (Å²) in [5.74, 6) is 0.0811. The van der Waals surface area contributed by atoms with Gasteiger partial charge >= 0.3 is 5.69 Å². The maximum absolute atomic E-state index is 11.6. The van der Waals surface area contributed by atoms with Crippen LogP contribution in [0.1, 0.15) is 10.4 Å². The molecule has 0 fully saturated rings. The van der Waals surface area contributed by atoms with Crippen molar-refractivity contribution in [3.05, 3.63) is 58.6 Å². The molecule has 17 heavy (non-hydrogen) atoms. The summed E-state index contributed by atoms with van der Waals surface area (Å²) in [7, 11) is 0. The van der Waals surface area contributed by atoms with Gasteiger partial charge in [-0.1, -0.05) is 18.2 Å². The molecule has 0 saturated carbocycles. The molecule has 0 aliphatic rings. The van der Waals surface area contributed by atoms with Gasteiger partial charge in [0, 0.05) is 11.8 Å². The molecule has 6 heteroatoms. The van der Waals surface area contributed by atoms with Gasteiger partial charge in [-0.2, -0.15) is 0 Å². The zero-order valence-corrected chi connectivity index (χ0v) is 8.81. The van der Waals surface area contributed by atoms with E-state index in [1.165, 1.54) is 12.3 Å². The number of carbonyl (C=O) groups is 1. The normalized spacial score (nSPS) is 9.65. The number of aromatic amines is 1. The number of nitrogens with zero attached hydrogens (tertiary/aromatic N) is 1. The molecule has 0 saturated heterocycles. The van der Waals surface area contributed by atoms with Gasteiger partial charge in [-0.15, -0.1) is 0 Å². The number of benzene rings is 1. The highest BCUT2D eigenvalue weighted by molar-refractivity contribution is 5.94. The van der Waals surface area contributed by atoms with Crippen molar-refractivity contribution in [3.8, 4) is 0 Å². The van der Waals surface area contributed by atoms with E-state index in [0.29, 0.717) is 11.4 Å². The standard InChI is InChI=1S/C11H10N4O2/c16-10(8-4-2-1-3-5-8)15-14-9-6-7-12-11(17)13-9/h1-7H,(H,15,16)(H2,12,13,14,17). The first-order valence-electron chi connectivity index (χ1n) is 4.92. The van der Waals surface area contributed by atoms with E-state index >= 15 is 0 Å². The van der Waals surface area contributed by atoms with Crippen LogP contribution in [0.3, 0.4) is 0 Å². The van der Waals surface area contributed by atoms with Gasteiger partial charge in [-0.25, -0.2) is 9.78 Å². The molecule has 1 heterocycles. The highest BCUT2D eigenvalue weighted by Gasteiger charge is 2.03. The lowest BCUT2D eigenvalue weighted by atomic mass is 10.2. The van der Waals surface area contributed by atoms with Gasteiger partial charge in [0.05, 0.1) is 0 Å². The molecule has 1 aromatic carbocycles. The third-order valence-corrected chi connectivity index (χ3v) is 2.02. The fraction of sp³-hybridized carbons (Fsp3) is 0. The fourth-order valence-electron chi connectivity index (χ4n) is 1.23. The Bertz CT molecular complexity index is 565. The number of carbonyl (C=O) groups excluding carboxylic acids is 1. The molecule has 0 spiro atoms. The van der Waals surface area contributed by atoms with E-state index in [1.807, 2.05) is 6.07 Å². The first-order chi connectivity index (χ1) is 8.25. The summed E-state index contributed by atoms with van der Waals surface area (Å²) in [5.41, 5.74) is 5.09. The van der Waals surface area contributed by atoms with Gasteiger partial charge < -0.3 is 0 Å². The largest absolute Gasteiger partial charge is 0.346 e. The summed E-state index contributed by atoms with van der Waals surface area (Å²) in [6.45, 7) is 0. The maximum Gasteiger partial charge on any atom is 0.346 e. The maximum atomic E-state index is 11.6. The molecule has 1 amide bonds. The van der Waals surface area contributed by atoms with Crippen LogP contribution in [0.25, 0.3) is 0 Å². The second-order valence-corrected chi connectivity index (χ2v) is 3.23. The van der Waals surface area contributed by atoms with Gasteiger partial charge in [0.25, 0.3) is 5.91 Å². The van der Waals surface area contributed by atoms with Crippen molar-refractivity contribution in [1.29, 1.82) is 0 Å². The van der Waals surface area contributed by atoms with Crippen molar-refractivity contribution in [3.63, 3.8) is 0 Å². The van der Waals surface area contributed by atoms with Gasteiger partial charge in [-0.3, -0.25) is 20.6 Å². The van der Waals surface area contributed by atoms with Crippen molar-refractivity contribution in [1.82, 2.24) is 15.4 Å². The predicted molar refractivity (Wildman–Crippen MR) is 62.4 cm³/mol. The number of aromatic nitrogens is 2. The Morgan fingerprint density at radius 3 is 2.65 bits per heavy atom. The molecule has 0 unspecified atom stereocenters. The average Bonchev–Trinajstić information content (AvgIpc) is 2.37. The average molecular weight is 230 g/mol. The molecular formula is C11H10N4O2. The highest BCUT2D eigenvalue weighted by Crippen LogP contribution is 1.98. The second-order valence-electron chi connectivity index (χ2n) is 3.23. The van der Waals surface area contributed by atoms with Crippen molar-refractivity contribution in [2.45, 2.75) is 0 Å². The minimum absolute atomic E-state index is 0.289. The Morgan fingerprint density at radius 1 is 1.18 bits per heavy atom. The Morgan fingerprint density at radius 2 is 1.94 bits per heavy atom. The number of hydrogen-bond acceptors (Lipinski definition) is 4. The SMILES string of the molecule is O=C(NNc1ccnc(=O)[nH]1)c1ccccc1. The summed E-state index contributed by atoms with van der Waals surface area (Å²) < 4.78 is 0. The van der Waals surface area contributed by atoms with E-state index in [1.54, 1.807) is 24.3 Å². The number of rotatable bonds is 3. The molecule has 2 aromatic rings. The molecule has 0 atom stereocenters. The van der Waals surface area contributed by atoms with Crippen molar-refractivity contribution < 1.29 is 4.79 Å². The van der Waals surface area contributed by atoms with Crippen LogP contribution in [0.4, 0.5) is 5.82 Å². The van der Waals surface area contributed by atoms with Crippen LogP contribution < -0.4 is 16.5 Å². The first-order valence-corrected chi connectivity index (χ1v) is 4.92. The second kappa shape index (κ2) is 4.93. The summed E-state index contributed by atoms with van der Waals surface area (Å²) in [6, 6.07) is 10.3. The van der Waals surface area contributed by atoms with Crippen LogP contribution in [-0.2, 0) is 0 Å². The van der Waals surface area contributed by atoms with Crippen LogP contribution in [0.15, 0.2) is 47.4 Å². The number of H-pyrrole nitrogens is 1. The van der Waals surface area contributed by atoms with Crippen LogP contribution in [0, 0.1) is 0 Å². The molecule has 1 aromatic heterocycles. The molecule has 3 N–H and O–H groups in total. The Hall–Kier alpha value is -2.63. The number of hydrogen-bond donors (Lipinski definition) is 3. The number of nitrogens with one attached hydrogen (secondary N) is 3. The van der Waals surface area contributed by atoms with E-state index in [0.717, 1.165) is 0 Å². The van der Waals surface area contributed by atoms with E-state index in [9.17, 15) is 9.59 Å². The van der Waals surface area contributed by atoms with Gasteiger partial charge in [0.2, 0.25) is 0 Å². The van der Waals surface area contributed by atoms with Crippen molar-refractivity contribution in [2.24, 2.45) is 0 Å². The third-order valence-electron chi connectivity index (χ3n) is 2.02. The molecule has 0 aliphatic carbocycles. The zero-order valence-electron chi connectivity index (χ0n) is 8.81. The van der Waals surface area contributed by atoms with Gasteiger partial charge in [-0.05, 0) is 18.2 Å². The number of amides is 1. The Kier molecular flexibility index (Phi) is 3.15. The third kappa shape index (κ3) is 2.91. The summed E-state index contributed by atoms with van der Waals surface area (Å²) in [5, 5.41) is 0. The molecule has 0 bridgehead atoms. The monoisotopic (exact) mass is 230 g/mol. The molecule has 2 rings (SSSR count). The van der Waals surface area contributed by atoms with Crippen molar-refractivity contribution >= 4 is 11.7 Å². The van der Waals surface area contributed by atoms with E-state index in [2.05, 4.69) is 20.8 Å². The van der Waals surface area contributed by atoms with E-state index < -0.39 is 5.69 Å². The lowest BCUT2D eigenvalue weighted by molar-refractivity contribution is 0.0962. The zero-order chi connectivity index (χ0) is 12.1. The lowest BCUT2D eigenvalue weighted by Gasteiger charge is -2.07. The molecule has 0 aliphatic heterocycles. The lowest BCUT2D eigenvalue weighted by Crippen LogP contribution is -2.30. The Labute approximate surface area is 96.7 Å².